The van der Waals surface area contributed by atoms with E-state index in [1.54, 1.807) is 21.9 Å². The van der Waals surface area contributed by atoms with Crippen LogP contribution >= 0.6 is 11.3 Å². The van der Waals surface area contributed by atoms with Crippen molar-refractivity contribution < 1.29 is 14.7 Å². The van der Waals surface area contributed by atoms with Crippen LogP contribution in [0.4, 0.5) is 5.13 Å². The highest BCUT2D eigenvalue weighted by Gasteiger charge is 2.30. The van der Waals surface area contributed by atoms with Gasteiger partial charge in [0.05, 0.1) is 18.2 Å². The Kier molecular flexibility index (Phi) is 4.88. The number of likely N-dealkylation sites (tertiary alicyclic amines) is 1. The number of phenolic OH excluding ortho intramolecular Hbond substituents is 1. The van der Waals surface area contributed by atoms with E-state index in [2.05, 4.69) is 16.5 Å². The van der Waals surface area contributed by atoms with Gasteiger partial charge in [0.1, 0.15) is 5.75 Å². The zero-order valence-corrected chi connectivity index (χ0v) is 15.9. The number of benzene rings is 1. The molecule has 1 saturated heterocycles. The maximum atomic E-state index is 12.7. The summed E-state index contributed by atoms with van der Waals surface area (Å²) in [5.74, 6) is -0.391. The topological polar surface area (TPSA) is 110 Å². The van der Waals surface area contributed by atoms with Crippen molar-refractivity contribution in [1.29, 1.82) is 5.26 Å². The van der Waals surface area contributed by atoms with Crippen molar-refractivity contribution >= 4 is 28.3 Å². The summed E-state index contributed by atoms with van der Waals surface area (Å²) in [7, 11) is 0. The van der Waals surface area contributed by atoms with Crippen molar-refractivity contribution in [2.24, 2.45) is 5.92 Å². The normalized spacial score (nSPS) is 18.5. The third-order valence-corrected chi connectivity index (χ3v) is 6.04. The third-order valence-electron chi connectivity index (χ3n) is 5.04. The summed E-state index contributed by atoms with van der Waals surface area (Å²) in [5, 5.41) is 21.9. The van der Waals surface area contributed by atoms with Gasteiger partial charge in [-0.1, -0.05) is 17.4 Å². The summed E-state index contributed by atoms with van der Waals surface area (Å²) < 4.78 is 0. The molecule has 2 amide bonds. The number of nitriles is 1. The SMILES string of the molecule is N#CN1CC[C@@H](C(=O)Nc2nc3c(s2)CN(C(=O)c2cccc(O)c2)CC3)C1. The predicted molar refractivity (Wildman–Crippen MR) is 103 cm³/mol. The van der Waals surface area contributed by atoms with E-state index in [0.717, 1.165) is 10.6 Å². The molecule has 1 aromatic heterocycles. The first-order valence-corrected chi connectivity index (χ1v) is 9.87. The monoisotopic (exact) mass is 397 g/mol. The minimum atomic E-state index is -0.204. The maximum Gasteiger partial charge on any atom is 0.254 e. The number of amides is 2. The van der Waals surface area contributed by atoms with Crippen molar-refractivity contribution in [3.05, 3.63) is 40.4 Å². The summed E-state index contributed by atoms with van der Waals surface area (Å²) >= 11 is 1.38. The average molecular weight is 397 g/mol. The number of nitrogens with zero attached hydrogens (tertiary/aromatic N) is 4. The Morgan fingerprint density at radius 2 is 2.21 bits per heavy atom. The lowest BCUT2D eigenvalue weighted by Crippen LogP contribution is -2.35. The summed E-state index contributed by atoms with van der Waals surface area (Å²) in [5.41, 5.74) is 1.36. The first-order valence-electron chi connectivity index (χ1n) is 9.06. The number of fused-ring (bicyclic) bond motifs is 1. The molecule has 1 fully saturated rings. The number of anilines is 1. The number of aromatic hydroxyl groups is 1. The maximum absolute atomic E-state index is 12.7. The zero-order valence-electron chi connectivity index (χ0n) is 15.1. The van der Waals surface area contributed by atoms with E-state index >= 15 is 0 Å². The Morgan fingerprint density at radius 3 is 2.96 bits per heavy atom. The van der Waals surface area contributed by atoms with Crippen molar-refractivity contribution in [3.8, 4) is 11.9 Å². The Hall–Kier alpha value is -3.12. The van der Waals surface area contributed by atoms with Crippen LogP contribution in [0.25, 0.3) is 0 Å². The molecule has 0 aliphatic carbocycles. The molecule has 2 N–H and O–H groups in total. The Labute approximate surface area is 166 Å². The van der Waals surface area contributed by atoms with Crippen molar-refractivity contribution in [3.63, 3.8) is 0 Å². The van der Waals surface area contributed by atoms with E-state index < -0.39 is 0 Å². The van der Waals surface area contributed by atoms with E-state index in [0.29, 0.717) is 49.7 Å². The van der Waals surface area contributed by atoms with Crippen LogP contribution in [0.3, 0.4) is 0 Å². The van der Waals surface area contributed by atoms with Gasteiger partial charge in [0.2, 0.25) is 5.91 Å². The fraction of sp³-hybridized carbons (Fsp3) is 0.368. The molecule has 0 spiro atoms. The van der Waals surface area contributed by atoms with Crippen molar-refractivity contribution in [2.75, 3.05) is 25.0 Å². The van der Waals surface area contributed by atoms with E-state index in [9.17, 15) is 14.7 Å². The molecule has 28 heavy (non-hydrogen) atoms. The van der Waals surface area contributed by atoms with Gasteiger partial charge in [-0.3, -0.25) is 9.59 Å². The first kappa shape index (κ1) is 18.3. The quantitative estimate of drug-likeness (QED) is 0.764. The molecular formula is C19H19N5O3S. The van der Waals surface area contributed by atoms with Gasteiger partial charge in [0, 0.05) is 36.5 Å². The van der Waals surface area contributed by atoms with Crippen LogP contribution in [0.1, 0.15) is 27.3 Å². The number of phenols is 1. The first-order chi connectivity index (χ1) is 13.5. The fourth-order valence-corrected chi connectivity index (χ4v) is 4.54. The highest BCUT2D eigenvalue weighted by atomic mass is 32.1. The van der Waals surface area contributed by atoms with Crippen LogP contribution in [-0.4, -0.2) is 51.3 Å². The van der Waals surface area contributed by atoms with Gasteiger partial charge in [-0.15, -0.1) is 0 Å². The smallest absolute Gasteiger partial charge is 0.254 e. The molecule has 0 bridgehead atoms. The summed E-state index contributed by atoms with van der Waals surface area (Å²) in [6.07, 6.45) is 3.36. The molecule has 0 unspecified atom stereocenters. The number of hydrogen-bond acceptors (Lipinski definition) is 7. The number of carbonyl (C=O) groups excluding carboxylic acids is 2. The second kappa shape index (κ2) is 7.48. The van der Waals surface area contributed by atoms with Gasteiger partial charge in [0.25, 0.3) is 5.91 Å². The van der Waals surface area contributed by atoms with E-state index in [1.165, 1.54) is 23.5 Å². The van der Waals surface area contributed by atoms with Crippen LogP contribution < -0.4 is 5.32 Å². The van der Waals surface area contributed by atoms with Gasteiger partial charge in [0.15, 0.2) is 11.3 Å². The third kappa shape index (κ3) is 3.64. The molecule has 2 aliphatic heterocycles. The van der Waals surface area contributed by atoms with Crippen molar-refractivity contribution in [1.82, 2.24) is 14.8 Å². The lowest BCUT2D eigenvalue weighted by Gasteiger charge is -2.26. The number of thiazole rings is 1. The molecule has 3 heterocycles. The highest BCUT2D eigenvalue weighted by Crippen LogP contribution is 2.30. The fourth-order valence-electron chi connectivity index (χ4n) is 3.52. The Morgan fingerprint density at radius 1 is 1.36 bits per heavy atom. The Bertz CT molecular complexity index is 967. The molecule has 0 radical (unpaired) electrons. The standard InChI is InChI=1S/C19H19N5O3S/c20-11-23-6-4-13(9-23)17(26)22-19-21-15-5-7-24(10-16(15)28-19)18(27)12-2-1-3-14(25)8-12/h1-3,8,13,25H,4-7,9-10H2,(H,21,22,26)/t13-/m1/s1. The van der Waals surface area contributed by atoms with Crippen LogP contribution in [0, 0.1) is 17.4 Å². The van der Waals surface area contributed by atoms with E-state index in [1.807, 2.05) is 0 Å². The minimum absolute atomic E-state index is 0.0632. The van der Waals surface area contributed by atoms with E-state index in [4.69, 9.17) is 5.26 Å². The molecule has 1 aromatic carbocycles. The molecule has 2 aliphatic rings. The summed E-state index contributed by atoms with van der Waals surface area (Å²) in [6, 6.07) is 6.32. The van der Waals surface area contributed by atoms with Gasteiger partial charge in [-0.25, -0.2) is 4.98 Å². The molecule has 144 valence electrons. The molecule has 1 atom stereocenters. The van der Waals surface area contributed by atoms with Crippen molar-refractivity contribution in [2.45, 2.75) is 19.4 Å². The summed E-state index contributed by atoms with van der Waals surface area (Å²) in [4.78, 5) is 33.9. The number of hydrogen-bond donors (Lipinski definition) is 2. The predicted octanol–water partition coefficient (Wildman–Crippen LogP) is 1.79. The van der Waals surface area contributed by atoms with Crippen LogP contribution in [0.15, 0.2) is 24.3 Å². The largest absolute Gasteiger partial charge is 0.508 e. The molecule has 8 nitrogen and oxygen atoms in total. The number of rotatable bonds is 3. The van der Waals surface area contributed by atoms with Gasteiger partial charge >= 0.3 is 0 Å². The van der Waals surface area contributed by atoms with E-state index in [-0.39, 0.29) is 23.5 Å². The average Bonchev–Trinajstić information content (AvgIpc) is 3.33. The van der Waals surface area contributed by atoms with Gasteiger partial charge < -0.3 is 20.2 Å². The molecule has 0 saturated carbocycles. The summed E-state index contributed by atoms with van der Waals surface area (Å²) in [6.45, 7) is 2.02. The molecule has 2 aromatic rings. The molecule has 9 heteroatoms. The van der Waals surface area contributed by atoms with Crippen LogP contribution in [0.2, 0.25) is 0 Å². The number of aromatic nitrogens is 1. The lowest BCUT2D eigenvalue weighted by atomic mass is 10.1. The molecule has 4 rings (SSSR count). The Balaban J connectivity index is 1.42. The minimum Gasteiger partial charge on any atom is -0.508 e. The second-order valence-electron chi connectivity index (χ2n) is 6.94. The van der Waals surface area contributed by atoms with Gasteiger partial charge in [-0.05, 0) is 24.6 Å². The zero-order chi connectivity index (χ0) is 19.7. The highest BCUT2D eigenvalue weighted by molar-refractivity contribution is 7.15. The number of carbonyl (C=O) groups is 2. The van der Waals surface area contributed by atoms with Gasteiger partial charge in [-0.2, -0.15) is 5.26 Å². The molecular weight excluding hydrogens is 378 g/mol. The lowest BCUT2D eigenvalue weighted by molar-refractivity contribution is -0.119. The second-order valence-corrected chi connectivity index (χ2v) is 8.02. The van der Waals surface area contributed by atoms with Crippen LogP contribution in [0.5, 0.6) is 5.75 Å². The number of nitrogens with one attached hydrogen (secondary N) is 1. The van der Waals surface area contributed by atoms with Crippen LogP contribution in [-0.2, 0) is 17.8 Å².